The molecule has 4 heteroatoms. The van der Waals surface area contributed by atoms with Crippen LogP contribution >= 0.6 is 0 Å². The van der Waals surface area contributed by atoms with Crippen molar-refractivity contribution in [2.24, 2.45) is 5.92 Å². The van der Waals surface area contributed by atoms with Crippen LogP contribution in [0, 0.1) is 12.8 Å². The third-order valence-electron chi connectivity index (χ3n) is 2.58. The first-order valence-corrected chi connectivity index (χ1v) is 6.01. The fourth-order valence-electron chi connectivity index (χ4n) is 1.99. The van der Waals surface area contributed by atoms with E-state index in [0.717, 1.165) is 36.7 Å². The smallest absolute Gasteiger partial charge is 0.150 e. The van der Waals surface area contributed by atoms with Crippen LogP contribution in [0.3, 0.4) is 0 Å². The Hall–Kier alpha value is -1.19. The van der Waals surface area contributed by atoms with Crippen molar-refractivity contribution in [3.05, 3.63) is 5.69 Å². The molecule has 1 aromatic heterocycles. The predicted octanol–water partition coefficient (Wildman–Crippen LogP) is 2.28. The molecule has 2 N–H and O–H groups in total. The molecular weight excluding hydrogens is 200 g/mol. The fourth-order valence-corrected chi connectivity index (χ4v) is 1.99. The van der Waals surface area contributed by atoms with Crippen molar-refractivity contribution in [1.29, 1.82) is 0 Å². The molecule has 16 heavy (non-hydrogen) atoms. The van der Waals surface area contributed by atoms with Gasteiger partial charge in [0.15, 0.2) is 0 Å². The third kappa shape index (κ3) is 2.68. The number of rotatable bonds is 5. The van der Waals surface area contributed by atoms with Gasteiger partial charge in [-0.3, -0.25) is 0 Å². The van der Waals surface area contributed by atoms with Crippen LogP contribution in [0.1, 0.15) is 32.9 Å². The lowest BCUT2D eigenvalue weighted by Gasteiger charge is -2.22. The summed E-state index contributed by atoms with van der Waals surface area (Å²) in [4.78, 5) is 2.20. The lowest BCUT2D eigenvalue weighted by atomic mass is 10.2. The zero-order chi connectivity index (χ0) is 12.3. The summed E-state index contributed by atoms with van der Waals surface area (Å²) in [5, 5.41) is 4.48. The molecule has 0 amide bonds. The normalized spacial score (nSPS) is 11.1. The molecule has 0 saturated heterocycles. The van der Waals surface area contributed by atoms with E-state index < -0.39 is 0 Å². The van der Waals surface area contributed by atoms with Gasteiger partial charge in [-0.05, 0) is 19.3 Å². The van der Waals surface area contributed by atoms with Crippen molar-refractivity contribution in [3.63, 3.8) is 0 Å². The van der Waals surface area contributed by atoms with Gasteiger partial charge < -0.3 is 10.6 Å². The number of nitrogens with two attached hydrogens (primary N) is 1. The van der Waals surface area contributed by atoms with Gasteiger partial charge in [0.1, 0.15) is 5.82 Å². The zero-order valence-corrected chi connectivity index (χ0v) is 11.1. The Kier molecular flexibility index (Phi) is 4.21. The van der Waals surface area contributed by atoms with E-state index in [-0.39, 0.29) is 0 Å². The maximum atomic E-state index is 6.09. The molecule has 0 aliphatic rings. The molecule has 0 aromatic carbocycles. The second kappa shape index (κ2) is 5.23. The predicted molar refractivity (Wildman–Crippen MR) is 69.8 cm³/mol. The van der Waals surface area contributed by atoms with Crippen LogP contribution in [-0.2, 0) is 6.54 Å². The van der Waals surface area contributed by atoms with Gasteiger partial charge in [-0.1, -0.05) is 20.8 Å². The lowest BCUT2D eigenvalue weighted by molar-refractivity contribution is 0.572. The third-order valence-corrected chi connectivity index (χ3v) is 2.58. The molecule has 0 fully saturated rings. The van der Waals surface area contributed by atoms with Gasteiger partial charge in [-0.25, -0.2) is 4.68 Å². The van der Waals surface area contributed by atoms with Crippen molar-refractivity contribution < 1.29 is 0 Å². The quantitative estimate of drug-likeness (QED) is 0.834. The molecule has 0 bridgehead atoms. The molecule has 1 aromatic rings. The van der Waals surface area contributed by atoms with E-state index >= 15 is 0 Å². The van der Waals surface area contributed by atoms with E-state index in [1.165, 1.54) is 0 Å². The highest BCUT2D eigenvalue weighted by atomic mass is 15.4. The van der Waals surface area contributed by atoms with E-state index in [1.54, 1.807) is 0 Å². The van der Waals surface area contributed by atoms with Gasteiger partial charge in [0.05, 0.1) is 11.4 Å². The Morgan fingerprint density at radius 1 is 1.44 bits per heavy atom. The van der Waals surface area contributed by atoms with Gasteiger partial charge >= 0.3 is 0 Å². The van der Waals surface area contributed by atoms with Crippen LogP contribution in [0.25, 0.3) is 0 Å². The molecular formula is C12H24N4. The van der Waals surface area contributed by atoms with Gasteiger partial charge in [0.25, 0.3) is 0 Å². The number of nitrogens with zero attached hydrogens (tertiary/aromatic N) is 3. The minimum atomic E-state index is 0.620. The summed E-state index contributed by atoms with van der Waals surface area (Å²) in [7, 11) is 2.08. The summed E-state index contributed by atoms with van der Waals surface area (Å²) in [6.45, 7) is 10.5. The van der Waals surface area contributed by atoms with Gasteiger partial charge in [0.2, 0.25) is 0 Å². The Bertz CT molecular complexity index is 341. The Morgan fingerprint density at radius 3 is 2.56 bits per heavy atom. The summed E-state index contributed by atoms with van der Waals surface area (Å²) >= 11 is 0. The second-order valence-corrected chi connectivity index (χ2v) is 4.82. The SMILES string of the molecule is CCCn1nc(C)c(N)c1N(C)CC(C)C. The molecule has 0 aliphatic carbocycles. The molecule has 92 valence electrons. The summed E-state index contributed by atoms with van der Waals surface area (Å²) in [6.07, 6.45) is 1.07. The topological polar surface area (TPSA) is 47.1 Å². The number of aryl methyl sites for hydroxylation is 2. The number of hydrogen-bond donors (Lipinski definition) is 1. The van der Waals surface area contributed by atoms with E-state index in [1.807, 2.05) is 11.6 Å². The van der Waals surface area contributed by atoms with Crippen molar-refractivity contribution in [1.82, 2.24) is 9.78 Å². The van der Waals surface area contributed by atoms with Crippen LogP contribution in [0.2, 0.25) is 0 Å². The average molecular weight is 224 g/mol. The minimum absolute atomic E-state index is 0.620. The Labute approximate surface area is 98.4 Å². The van der Waals surface area contributed by atoms with Gasteiger partial charge in [-0.15, -0.1) is 0 Å². The van der Waals surface area contributed by atoms with Gasteiger partial charge in [-0.2, -0.15) is 5.10 Å². The molecule has 0 atom stereocenters. The number of aromatic nitrogens is 2. The molecule has 1 heterocycles. The monoisotopic (exact) mass is 224 g/mol. The summed E-state index contributed by atoms with van der Waals surface area (Å²) in [5.74, 6) is 1.68. The van der Waals surface area contributed by atoms with Crippen LogP contribution in [0.5, 0.6) is 0 Å². The molecule has 0 unspecified atom stereocenters. The number of anilines is 2. The van der Waals surface area contributed by atoms with Crippen LogP contribution < -0.4 is 10.6 Å². The van der Waals surface area contributed by atoms with Crippen LogP contribution in [-0.4, -0.2) is 23.4 Å². The lowest BCUT2D eigenvalue weighted by Crippen LogP contribution is -2.26. The molecule has 0 spiro atoms. The fraction of sp³-hybridized carbons (Fsp3) is 0.750. The van der Waals surface area contributed by atoms with E-state index in [0.29, 0.717) is 5.92 Å². The zero-order valence-electron chi connectivity index (χ0n) is 11.1. The Morgan fingerprint density at radius 2 is 2.06 bits per heavy atom. The first-order valence-electron chi connectivity index (χ1n) is 6.01. The molecule has 1 rings (SSSR count). The molecule has 0 saturated carbocycles. The standard InChI is InChI=1S/C12H24N4/c1-6-7-16-12(11(13)10(4)14-16)15(5)8-9(2)3/h9H,6-8,13H2,1-5H3. The van der Waals surface area contributed by atoms with E-state index in [2.05, 4.69) is 37.8 Å². The van der Waals surface area contributed by atoms with Crippen molar-refractivity contribution >= 4 is 11.5 Å². The maximum Gasteiger partial charge on any atom is 0.150 e. The highest BCUT2D eigenvalue weighted by Crippen LogP contribution is 2.26. The summed E-state index contributed by atoms with van der Waals surface area (Å²) in [6, 6.07) is 0. The van der Waals surface area contributed by atoms with Gasteiger partial charge in [0, 0.05) is 20.1 Å². The van der Waals surface area contributed by atoms with Crippen LogP contribution in [0.4, 0.5) is 11.5 Å². The first-order chi connectivity index (χ1) is 7.47. The second-order valence-electron chi connectivity index (χ2n) is 4.82. The minimum Gasteiger partial charge on any atom is -0.394 e. The Balaban J connectivity index is 2.99. The number of hydrogen-bond acceptors (Lipinski definition) is 3. The van der Waals surface area contributed by atoms with E-state index in [9.17, 15) is 0 Å². The molecule has 4 nitrogen and oxygen atoms in total. The first kappa shape index (κ1) is 12.9. The highest BCUT2D eigenvalue weighted by molar-refractivity contribution is 5.65. The molecule has 0 radical (unpaired) electrons. The van der Waals surface area contributed by atoms with Crippen LogP contribution in [0.15, 0.2) is 0 Å². The number of nitrogen functional groups attached to an aromatic ring is 1. The van der Waals surface area contributed by atoms with Crippen molar-refractivity contribution in [2.45, 2.75) is 40.7 Å². The largest absolute Gasteiger partial charge is 0.394 e. The van der Waals surface area contributed by atoms with E-state index in [4.69, 9.17) is 5.73 Å². The summed E-state index contributed by atoms with van der Waals surface area (Å²) < 4.78 is 2.02. The average Bonchev–Trinajstić information content (AvgIpc) is 2.42. The highest BCUT2D eigenvalue weighted by Gasteiger charge is 2.16. The maximum absolute atomic E-state index is 6.09. The van der Waals surface area contributed by atoms with Crippen molar-refractivity contribution in [3.8, 4) is 0 Å². The summed E-state index contributed by atoms with van der Waals surface area (Å²) in [5.41, 5.74) is 7.83. The molecule has 0 aliphatic heterocycles. The van der Waals surface area contributed by atoms with Crippen molar-refractivity contribution in [2.75, 3.05) is 24.2 Å².